The normalized spacial score (nSPS) is 11.6. The maximum atomic E-state index is 11.5. The molecule has 0 saturated heterocycles. The maximum absolute atomic E-state index is 11.5. The van der Waals surface area contributed by atoms with Crippen LogP contribution in [0.1, 0.15) is 0 Å². The smallest absolute Gasteiger partial charge is 0.207 e. The molecule has 3 nitrogen and oxygen atoms in total. The van der Waals surface area contributed by atoms with Gasteiger partial charge in [-0.05, 0) is 22.0 Å². The molecule has 14 heavy (non-hydrogen) atoms. The van der Waals surface area contributed by atoms with Crippen molar-refractivity contribution in [1.29, 1.82) is 0 Å². The minimum absolute atomic E-state index is 0.191. The number of halogens is 2. The first-order valence-corrected chi connectivity index (χ1v) is 7.00. The third kappa shape index (κ3) is 2.80. The van der Waals surface area contributed by atoms with Crippen molar-refractivity contribution in [3.63, 3.8) is 0 Å². The van der Waals surface area contributed by atoms with E-state index in [0.717, 1.165) is 11.3 Å². The van der Waals surface area contributed by atoms with Gasteiger partial charge in [-0.1, -0.05) is 17.7 Å². The summed E-state index contributed by atoms with van der Waals surface area (Å²) in [5.41, 5.74) is 0. The lowest BCUT2D eigenvalue weighted by Gasteiger charge is -1.99. The van der Waals surface area contributed by atoms with Gasteiger partial charge in [0.2, 0.25) is 10.0 Å². The molecule has 1 rings (SSSR count). The quantitative estimate of drug-likeness (QED) is 0.868. The SMILES string of the molecule is C=CCNS(=O)(=O)c1cc(Cl)c(Br)s1. The van der Waals surface area contributed by atoms with E-state index in [0.29, 0.717) is 8.81 Å². The Labute approximate surface area is 100.0 Å². The zero-order chi connectivity index (χ0) is 10.8. The number of thiophene rings is 1. The molecule has 0 radical (unpaired) electrons. The Morgan fingerprint density at radius 1 is 1.71 bits per heavy atom. The van der Waals surface area contributed by atoms with Crippen LogP contribution >= 0.6 is 38.9 Å². The lowest BCUT2D eigenvalue weighted by Crippen LogP contribution is -2.22. The van der Waals surface area contributed by atoms with Gasteiger partial charge in [-0.2, -0.15) is 0 Å². The van der Waals surface area contributed by atoms with Gasteiger partial charge in [0.15, 0.2) is 0 Å². The first-order valence-electron chi connectivity index (χ1n) is 3.53. The second kappa shape index (κ2) is 4.76. The second-order valence-electron chi connectivity index (χ2n) is 2.33. The van der Waals surface area contributed by atoms with Crippen LogP contribution in [0.15, 0.2) is 26.7 Å². The molecule has 1 N–H and O–H groups in total. The molecule has 0 unspecified atom stereocenters. The fourth-order valence-corrected chi connectivity index (χ4v) is 4.14. The lowest BCUT2D eigenvalue weighted by atomic mass is 10.7. The van der Waals surface area contributed by atoms with Crippen LogP contribution in [0.4, 0.5) is 0 Å². The molecule has 0 aliphatic rings. The van der Waals surface area contributed by atoms with Crippen molar-refractivity contribution >= 4 is 48.9 Å². The van der Waals surface area contributed by atoms with Crippen LogP contribution in [-0.2, 0) is 10.0 Å². The van der Waals surface area contributed by atoms with Crippen molar-refractivity contribution in [2.75, 3.05) is 6.54 Å². The van der Waals surface area contributed by atoms with Crippen LogP contribution in [0.25, 0.3) is 0 Å². The van der Waals surface area contributed by atoms with Crippen LogP contribution in [0.5, 0.6) is 0 Å². The average Bonchev–Trinajstić information content (AvgIpc) is 2.45. The zero-order valence-electron chi connectivity index (χ0n) is 6.96. The summed E-state index contributed by atoms with van der Waals surface area (Å²) in [5.74, 6) is 0. The highest BCUT2D eigenvalue weighted by Gasteiger charge is 2.17. The Morgan fingerprint density at radius 3 is 2.79 bits per heavy atom. The molecule has 0 bridgehead atoms. The molecular weight excluding hydrogens is 310 g/mol. The van der Waals surface area contributed by atoms with E-state index in [1.165, 1.54) is 12.1 Å². The van der Waals surface area contributed by atoms with E-state index in [1.54, 1.807) is 0 Å². The zero-order valence-corrected chi connectivity index (χ0v) is 10.9. The van der Waals surface area contributed by atoms with E-state index in [-0.39, 0.29) is 10.8 Å². The van der Waals surface area contributed by atoms with Crippen molar-refractivity contribution in [3.05, 3.63) is 27.5 Å². The average molecular weight is 317 g/mol. The monoisotopic (exact) mass is 315 g/mol. The lowest BCUT2D eigenvalue weighted by molar-refractivity contribution is 0.588. The van der Waals surface area contributed by atoms with Crippen molar-refractivity contribution in [3.8, 4) is 0 Å². The Morgan fingerprint density at radius 2 is 2.36 bits per heavy atom. The molecule has 1 aromatic rings. The molecule has 78 valence electrons. The molecule has 0 fully saturated rings. The van der Waals surface area contributed by atoms with Crippen molar-refractivity contribution in [1.82, 2.24) is 4.72 Å². The van der Waals surface area contributed by atoms with E-state index < -0.39 is 10.0 Å². The van der Waals surface area contributed by atoms with Crippen LogP contribution in [-0.4, -0.2) is 15.0 Å². The van der Waals surface area contributed by atoms with E-state index in [4.69, 9.17) is 11.6 Å². The summed E-state index contributed by atoms with van der Waals surface area (Å²) in [6.07, 6.45) is 1.47. The summed E-state index contributed by atoms with van der Waals surface area (Å²) in [4.78, 5) is 0. The fraction of sp³-hybridized carbons (Fsp3) is 0.143. The molecule has 0 aromatic carbocycles. The fourth-order valence-electron chi connectivity index (χ4n) is 0.699. The van der Waals surface area contributed by atoms with E-state index in [2.05, 4.69) is 27.2 Å². The van der Waals surface area contributed by atoms with Crippen LogP contribution < -0.4 is 4.72 Å². The summed E-state index contributed by atoms with van der Waals surface area (Å²) in [6.45, 7) is 3.63. The van der Waals surface area contributed by atoms with Crippen LogP contribution in [0.3, 0.4) is 0 Å². The summed E-state index contributed by atoms with van der Waals surface area (Å²) < 4.78 is 26.2. The molecule has 7 heteroatoms. The first kappa shape index (κ1) is 12.2. The summed E-state index contributed by atoms with van der Waals surface area (Å²) >= 11 is 9.94. The second-order valence-corrected chi connectivity index (χ2v) is 7.10. The number of hydrogen-bond donors (Lipinski definition) is 1. The summed E-state index contributed by atoms with van der Waals surface area (Å²) in [6, 6.07) is 1.40. The number of rotatable bonds is 4. The Balaban J connectivity index is 2.98. The van der Waals surface area contributed by atoms with Gasteiger partial charge in [-0.15, -0.1) is 17.9 Å². The summed E-state index contributed by atoms with van der Waals surface area (Å²) in [7, 11) is -3.44. The third-order valence-electron chi connectivity index (χ3n) is 1.31. The van der Waals surface area contributed by atoms with Crippen molar-refractivity contribution < 1.29 is 8.42 Å². The van der Waals surface area contributed by atoms with E-state index in [9.17, 15) is 8.42 Å². The predicted molar refractivity (Wildman–Crippen MR) is 62.4 cm³/mol. The van der Waals surface area contributed by atoms with E-state index >= 15 is 0 Å². The molecule has 1 heterocycles. The van der Waals surface area contributed by atoms with Gasteiger partial charge < -0.3 is 0 Å². The number of sulfonamides is 1. The highest BCUT2D eigenvalue weighted by atomic mass is 79.9. The topological polar surface area (TPSA) is 46.2 Å². The van der Waals surface area contributed by atoms with Gasteiger partial charge in [-0.3, -0.25) is 0 Å². The maximum Gasteiger partial charge on any atom is 0.250 e. The molecule has 0 aliphatic carbocycles. The molecule has 0 amide bonds. The minimum Gasteiger partial charge on any atom is -0.207 e. The van der Waals surface area contributed by atoms with Gasteiger partial charge >= 0.3 is 0 Å². The largest absolute Gasteiger partial charge is 0.250 e. The number of hydrogen-bond acceptors (Lipinski definition) is 3. The van der Waals surface area contributed by atoms with Gasteiger partial charge in [0, 0.05) is 6.54 Å². The van der Waals surface area contributed by atoms with Gasteiger partial charge in [0.25, 0.3) is 0 Å². The first-order chi connectivity index (χ1) is 6.47. The molecule has 0 saturated carbocycles. The Kier molecular flexibility index (Phi) is 4.15. The molecule has 0 aliphatic heterocycles. The minimum atomic E-state index is -3.44. The molecular formula is C7H7BrClNO2S2. The number of nitrogens with one attached hydrogen (secondary N) is 1. The molecule has 0 atom stereocenters. The van der Waals surface area contributed by atoms with Gasteiger partial charge in [0.05, 0.1) is 8.81 Å². The van der Waals surface area contributed by atoms with Gasteiger partial charge in [0.1, 0.15) is 4.21 Å². The standard InChI is InChI=1S/C7H7BrClNO2S2/c1-2-3-10-14(11,12)6-4-5(9)7(8)13-6/h2,4,10H,1,3H2. The highest BCUT2D eigenvalue weighted by Crippen LogP contribution is 2.34. The van der Waals surface area contributed by atoms with E-state index in [1.807, 2.05) is 0 Å². The summed E-state index contributed by atoms with van der Waals surface area (Å²) in [5, 5.41) is 0.397. The Hall–Kier alpha value is 0.120. The molecule has 0 spiro atoms. The Bertz CT molecular complexity index is 421. The van der Waals surface area contributed by atoms with Crippen molar-refractivity contribution in [2.45, 2.75) is 4.21 Å². The van der Waals surface area contributed by atoms with Gasteiger partial charge in [-0.25, -0.2) is 13.1 Å². The predicted octanol–water partition coefficient (Wildman–Crippen LogP) is 2.63. The molecule has 1 aromatic heterocycles. The van der Waals surface area contributed by atoms with Crippen molar-refractivity contribution in [2.24, 2.45) is 0 Å². The third-order valence-corrected chi connectivity index (χ3v) is 5.68. The van der Waals surface area contributed by atoms with Crippen LogP contribution in [0.2, 0.25) is 5.02 Å². The highest BCUT2D eigenvalue weighted by molar-refractivity contribution is 9.11. The van der Waals surface area contributed by atoms with Crippen LogP contribution in [0, 0.1) is 0 Å².